The Kier molecular flexibility index (Phi) is 6.55. The normalized spacial score (nSPS) is 11.4. The van der Waals surface area contributed by atoms with E-state index in [-0.39, 0.29) is 17.3 Å². The van der Waals surface area contributed by atoms with Crippen molar-refractivity contribution in [2.24, 2.45) is 0 Å². The predicted octanol–water partition coefficient (Wildman–Crippen LogP) is 3.38. The second kappa shape index (κ2) is 8.91. The van der Waals surface area contributed by atoms with Gasteiger partial charge in [0.25, 0.3) is 5.91 Å². The van der Waals surface area contributed by atoms with Crippen LogP contribution >= 0.6 is 27.3 Å². The summed E-state index contributed by atoms with van der Waals surface area (Å²) in [5, 5.41) is 11.6. The maximum Gasteiger partial charge on any atom is 0.257 e. The molecule has 3 aromatic rings. The number of nitrogens with one attached hydrogen (secondary N) is 2. The van der Waals surface area contributed by atoms with E-state index in [1.165, 1.54) is 11.3 Å². The Balaban J connectivity index is 1.55. The lowest BCUT2D eigenvalue weighted by Gasteiger charge is -2.05. The minimum atomic E-state index is -3.57. The fourth-order valence-electron chi connectivity index (χ4n) is 2.30. The number of nitrogens with zero attached hydrogens (tertiary/aromatic N) is 2. The number of halogens is 1. The Bertz CT molecular complexity index is 1080. The molecule has 28 heavy (non-hydrogen) atoms. The molecule has 0 unspecified atom stereocenters. The molecule has 0 bridgehead atoms. The van der Waals surface area contributed by atoms with Gasteiger partial charge in [0, 0.05) is 23.0 Å². The Morgan fingerprint density at radius 3 is 2.61 bits per heavy atom. The number of carbonyl (C=O) groups excluding carboxylic acids is 1. The molecule has 1 amide bonds. The number of sulfonamides is 1. The number of aromatic nitrogens is 2. The Morgan fingerprint density at radius 2 is 1.89 bits per heavy atom. The summed E-state index contributed by atoms with van der Waals surface area (Å²) >= 11 is 4.53. The van der Waals surface area contributed by atoms with E-state index < -0.39 is 10.0 Å². The third kappa shape index (κ3) is 5.44. The summed E-state index contributed by atoms with van der Waals surface area (Å²) < 4.78 is 27.9. The summed E-state index contributed by atoms with van der Waals surface area (Å²) in [6.45, 7) is 2.08. The van der Waals surface area contributed by atoms with Crippen molar-refractivity contribution in [3.05, 3.63) is 69.1 Å². The van der Waals surface area contributed by atoms with E-state index in [0.29, 0.717) is 22.1 Å². The van der Waals surface area contributed by atoms with Crippen molar-refractivity contribution in [1.29, 1.82) is 0 Å². The number of benzene rings is 2. The molecule has 1 heterocycles. The lowest BCUT2D eigenvalue weighted by atomic mass is 10.2. The molecule has 0 spiro atoms. The molecule has 0 atom stereocenters. The molecule has 0 aliphatic rings. The number of hydrogen-bond acceptors (Lipinski definition) is 6. The van der Waals surface area contributed by atoms with Gasteiger partial charge in [-0.2, -0.15) is 0 Å². The van der Waals surface area contributed by atoms with E-state index in [4.69, 9.17) is 0 Å². The zero-order valence-corrected chi connectivity index (χ0v) is 18.1. The Morgan fingerprint density at radius 1 is 1.14 bits per heavy atom. The topological polar surface area (TPSA) is 101 Å². The van der Waals surface area contributed by atoms with Crippen molar-refractivity contribution in [1.82, 2.24) is 14.9 Å². The van der Waals surface area contributed by atoms with Crippen molar-refractivity contribution < 1.29 is 13.2 Å². The van der Waals surface area contributed by atoms with Crippen molar-refractivity contribution in [3.8, 4) is 0 Å². The lowest BCUT2D eigenvalue weighted by molar-refractivity contribution is 0.102. The van der Waals surface area contributed by atoms with E-state index in [1.807, 2.05) is 13.0 Å². The zero-order chi connectivity index (χ0) is 20.1. The van der Waals surface area contributed by atoms with Gasteiger partial charge in [0.05, 0.1) is 4.90 Å². The van der Waals surface area contributed by atoms with Crippen LogP contribution in [-0.4, -0.2) is 31.1 Å². The van der Waals surface area contributed by atoms with Gasteiger partial charge in [0.2, 0.25) is 15.2 Å². The second-order valence-corrected chi connectivity index (χ2v) is 9.67. The average molecular weight is 481 g/mol. The Labute approximate surface area is 175 Å². The van der Waals surface area contributed by atoms with Crippen LogP contribution in [0.2, 0.25) is 0 Å². The summed E-state index contributed by atoms with van der Waals surface area (Å²) in [5.74, 6) is -0.288. The SMILES string of the molecule is Cc1ccc(S(=O)(=O)NCCc2nnc(NC(=O)c3cccc(Br)c3)s2)cc1. The largest absolute Gasteiger partial charge is 0.296 e. The molecular formula is C18H17BrN4O3S2. The van der Waals surface area contributed by atoms with Crippen molar-refractivity contribution in [3.63, 3.8) is 0 Å². The molecule has 2 N–H and O–H groups in total. The number of carbonyl (C=O) groups is 1. The van der Waals surface area contributed by atoms with E-state index in [0.717, 1.165) is 10.0 Å². The summed E-state index contributed by atoms with van der Waals surface area (Å²) in [6, 6.07) is 13.6. The standard InChI is InChI=1S/C18H17BrN4O3S2/c1-12-5-7-15(8-6-12)28(25,26)20-10-9-16-22-23-18(27-16)21-17(24)13-3-2-4-14(19)11-13/h2-8,11,20H,9-10H2,1H3,(H,21,23,24). The molecule has 0 radical (unpaired) electrons. The molecule has 1 aromatic heterocycles. The van der Waals surface area contributed by atoms with Gasteiger partial charge in [-0.25, -0.2) is 13.1 Å². The first-order valence-electron chi connectivity index (χ1n) is 8.29. The number of amides is 1. The molecule has 2 aromatic carbocycles. The molecule has 0 saturated heterocycles. The van der Waals surface area contributed by atoms with Crippen LogP contribution in [0, 0.1) is 6.92 Å². The van der Waals surface area contributed by atoms with Crippen molar-refractivity contribution in [2.45, 2.75) is 18.2 Å². The van der Waals surface area contributed by atoms with Gasteiger partial charge in [-0.1, -0.05) is 51.0 Å². The van der Waals surface area contributed by atoms with E-state index >= 15 is 0 Å². The van der Waals surface area contributed by atoms with Gasteiger partial charge in [-0.15, -0.1) is 10.2 Å². The van der Waals surface area contributed by atoms with Crippen molar-refractivity contribution >= 4 is 48.3 Å². The van der Waals surface area contributed by atoms with E-state index in [2.05, 4.69) is 36.2 Å². The smallest absolute Gasteiger partial charge is 0.257 e. The Hall–Kier alpha value is -2.14. The first-order chi connectivity index (χ1) is 13.3. The summed E-state index contributed by atoms with van der Waals surface area (Å²) in [5.41, 5.74) is 1.49. The molecule has 0 aliphatic heterocycles. The van der Waals surface area contributed by atoms with Crippen LogP contribution < -0.4 is 10.0 Å². The van der Waals surface area contributed by atoms with E-state index in [9.17, 15) is 13.2 Å². The van der Waals surface area contributed by atoms with Crippen LogP contribution in [0.4, 0.5) is 5.13 Å². The average Bonchev–Trinajstić information content (AvgIpc) is 3.09. The van der Waals surface area contributed by atoms with Crippen LogP contribution in [0.3, 0.4) is 0 Å². The molecule has 10 heteroatoms. The third-order valence-corrected chi connectivity index (χ3v) is 6.60. The minimum Gasteiger partial charge on any atom is -0.296 e. The van der Waals surface area contributed by atoms with Gasteiger partial charge >= 0.3 is 0 Å². The van der Waals surface area contributed by atoms with Gasteiger partial charge < -0.3 is 0 Å². The third-order valence-electron chi connectivity index (χ3n) is 3.74. The highest BCUT2D eigenvalue weighted by Crippen LogP contribution is 2.18. The van der Waals surface area contributed by atoms with Gasteiger partial charge in [0.15, 0.2) is 0 Å². The van der Waals surface area contributed by atoms with Crippen LogP contribution in [0.25, 0.3) is 0 Å². The van der Waals surface area contributed by atoms with Gasteiger partial charge in [0.1, 0.15) is 5.01 Å². The summed E-state index contributed by atoms with van der Waals surface area (Å²) in [4.78, 5) is 12.4. The molecule has 0 aliphatic carbocycles. The van der Waals surface area contributed by atoms with Gasteiger partial charge in [-0.3, -0.25) is 10.1 Å². The van der Waals surface area contributed by atoms with Crippen LogP contribution in [0.15, 0.2) is 57.9 Å². The van der Waals surface area contributed by atoms with Gasteiger partial charge in [-0.05, 0) is 37.3 Å². The summed E-state index contributed by atoms with van der Waals surface area (Å²) in [7, 11) is -3.57. The highest BCUT2D eigenvalue weighted by molar-refractivity contribution is 9.10. The number of anilines is 1. The maximum atomic E-state index is 12.3. The highest BCUT2D eigenvalue weighted by Gasteiger charge is 2.14. The molecule has 3 rings (SSSR count). The maximum absolute atomic E-state index is 12.3. The van der Waals surface area contributed by atoms with E-state index in [1.54, 1.807) is 42.5 Å². The molecular weight excluding hydrogens is 464 g/mol. The molecule has 0 saturated carbocycles. The fourth-order valence-corrected chi connectivity index (χ4v) is 4.46. The number of rotatable bonds is 7. The monoisotopic (exact) mass is 480 g/mol. The predicted molar refractivity (Wildman–Crippen MR) is 112 cm³/mol. The second-order valence-electron chi connectivity index (χ2n) is 5.93. The summed E-state index contributed by atoms with van der Waals surface area (Å²) in [6.07, 6.45) is 0.371. The molecule has 7 nitrogen and oxygen atoms in total. The van der Waals surface area contributed by atoms with Crippen LogP contribution in [0.1, 0.15) is 20.9 Å². The van der Waals surface area contributed by atoms with Crippen LogP contribution in [-0.2, 0) is 16.4 Å². The zero-order valence-electron chi connectivity index (χ0n) is 14.8. The molecule has 0 fully saturated rings. The van der Waals surface area contributed by atoms with Crippen molar-refractivity contribution in [2.75, 3.05) is 11.9 Å². The quantitative estimate of drug-likeness (QED) is 0.539. The number of aryl methyl sites for hydroxylation is 1. The first-order valence-corrected chi connectivity index (χ1v) is 11.4. The lowest BCUT2D eigenvalue weighted by Crippen LogP contribution is -2.25. The fraction of sp³-hybridized carbons (Fsp3) is 0.167. The minimum absolute atomic E-state index is 0.185. The highest BCUT2D eigenvalue weighted by atomic mass is 79.9. The van der Waals surface area contributed by atoms with Crippen LogP contribution in [0.5, 0.6) is 0 Å². The molecule has 146 valence electrons. The first kappa shape index (κ1) is 20.6. The number of hydrogen-bond donors (Lipinski definition) is 2.